The van der Waals surface area contributed by atoms with Crippen LogP contribution in [-0.2, 0) is 0 Å². The zero-order chi connectivity index (χ0) is 19.5. The average molecular weight is 389 g/mol. The monoisotopic (exact) mass is 389 g/mol. The van der Waals surface area contributed by atoms with E-state index in [1.807, 2.05) is 6.07 Å². The second kappa shape index (κ2) is 7.99. The fourth-order valence-corrected chi connectivity index (χ4v) is 3.95. The molecule has 1 aliphatic heterocycles. The lowest BCUT2D eigenvalue weighted by atomic mass is 10.0. The Morgan fingerprint density at radius 2 is 2.14 bits per heavy atom. The molecule has 2 aliphatic rings. The maximum atomic E-state index is 14.2. The van der Waals surface area contributed by atoms with Crippen LogP contribution in [0, 0.1) is 5.92 Å². The first kappa shape index (κ1) is 18.5. The minimum absolute atomic E-state index is 0.0716. The zero-order valence-corrected chi connectivity index (χ0v) is 15.4. The Hall–Kier alpha value is -2.91. The third kappa shape index (κ3) is 4.15. The van der Waals surface area contributed by atoms with E-state index in [-0.39, 0.29) is 13.1 Å². The molecule has 3 heterocycles. The summed E-state index contributed by atoms with van der Waals surface area (Å²) in [6, 6.07) is 3.75. The van der Waals surface area contributed by atoms with E-state index in [9.17, 15) is 9.18 Å². The Morgan fingerprint density at radius 1 is 1.32 bits per heavy atom. The highest BCUT2D eigenvalue weighted by molar-refractivity contribution is 5.64. The van der Waals surface area contributed by atoms with E-state index < -0.39 is 18.2 Å². The van der Waals surface area contributed by atoms with Crippen LogP contribution in [-0.4, -0.2) is 57.2 Å². The third-order valence-electron chi connectivity index (χ3n) is 5.45. The molecule has 1 saturated heterocycles. The van der Waals surface area contributed by atoms with Gasteiger partial charge in [-0.25, -0.2) is 14.2 Å². The van der Waals surface area contributed by atoms with Crippen molar-refractivity contribution in [1.82, 2.24) is 25.5 Å². The van der Waals surface area contributed by atoms with Crippen LogP contribution < -0.4 is 15.5 Å². The molecule has 10 heteroatoms. The number of carboxylic acid groups (broad SMARTS) is 1. The van der Waals surface area contributed by atoms with Gasteiger partial charge < -0.3 is 20.6 Å². The Kier molecular flexibility index (Phi) is 5.27. The molecule has 2 aromatic heterocycles. The number of H-pyrrole nitrogens is 1. The van der Waals surface area contributed by atoms with Crippen LogP contribution in [0.1, 0.15) is 37.3 Å². The van der Waals surface area contributed by atoms with Crippen molar-refractivity contribution in [3.63, 3.8) is 0 Å². The number of amides is 1. The minimum atomic E-state index is -1.15. The SMILES string of the molecule is O=C(O)NC[C@@H]1CN(c2nccc(Nc3cc(C4CCCC4)[nH]n3)n2)C[C@@H]1F. The molecule has 1 aliphatic carbocycles. The number of rotatable bonds is 6. The Bertz CT molecular complexity index is 824. The van der Waals surface area contributed by atoms with Gasteiger partial charge in [-0.3, -0.25) is 5.10 Å². The third-order valence-corrected chi connectivity index (χ3v) is 5.45. The summed E-state index contributed by atoms with van der Waals surface area (Å²) in [7, 11) is 0. The molecule has 0 radical (unpaired) electrons. The van der Waals surface area contributed by atoms with Gasteiger partial charge in [-0.15, -0.1) is 0 Å². The number of hydrogen-bond donors (Lipinski definition) is 4. The maximum Gasteiger partial charge on any atom is 0.404 e. The summed E-state index contributed by atoms with van der Waals surface area (Å²) in [5, 5.41) is 21.5. The van der Waals surface area contributed by atoms with Gasteiger partial charge in [0.2, 0.25) is 5.95 Å². The fourth-order valence-electron chi connectivity index (χ4n) is 3.95. The first-order valence-electron chi connectivity index (χ1n) is 9.59. The van der Waals surface area contributed by atoms with Crippen molar-refractivity contribution in [3.05, 3.63) is 24.0 Å². The van der Waals surface area contributed by atoms with Gasteiger partial charge in [0.15, 0.2) is 5.82 Å². The zero-order valence-electron chi connectivity index (χ0n) is 15.4. The van der Waals surface area contributed by atoms with Gasteiger partial charge >= 0.3 is 6.09 Å². The molecule has 28 heavy (non-hydrogen) atoms. The molecule has 0 spiro atoms. The van der Waals surface area contributed by atoms with Crippen LogP contribution in [0.2, 0.25) is 0 Å². The van der Waals surface area contributed by atoms with E-state index in [2.05, 4.69) is 30.8 Å². The van der Waals surface area contributed by atoms with Gasteiger partial charge in [-0.1, -0.05) is 12.8 Å². The van der Waals surface area contributed by atoms with Gasteiger partial charge in [0.1, 0.15) is 12.0 Å². The van der Waals surface area contributed by atoms with Crippen LogP contribution in [0.3, 0.4) is 0 Å². The summed E-state index contributed by atoms with van der Waals surface area (Å²) < 4.78 is 14.2. The van der Waals surface area contributed by atoms with Gasteiger partial charge in [0.25, 0.3) is 0 Å². The van der Waals surface area contributed by atoms with Crippen molar-refractivity contribution < 1.29 is 14.3 Å². The van der Waals surface area contributed by atoms with E-state index in [0.29, 0.717) is 30.0 Å². The molecule has 0 bridgehead atoms. The number of hydrogen-bond acceptors (Lipinski definition) is 6. The number of nitrogens with zero attached hydrogens (tertiary/aromatic N) is 4. The van der Waals surface area contributed by atoms with E-state index in [1.165, 1.54) is 25.7 Å². The minimum Gasteiger partial charge on any atom is -0.465 e. The summed E-state index contributed by atoms with van der Waals surface area (Å²) in [6.07, 6.45) is 4.24. The van der Waals surface area contributed by atoms with Gasteiger partial charge in [-0.05, 0) is 18.9 Å². The molecule has 2 fully saturated rings. The second-order valence-corrected chi connectivity index (χ2v) is 7.42. The lowest BCUT2D eigenvalue weighted by Crippen LogP contribution is -2.32. The molecule has 1 amide bonds. The van der Waals surface area contributed by atoms with Crippen LogP contribution in [0.4, 0.5) is 26.8 Å². The first-order valence-corrected chi connectivity index (χ1v) is 9.59. The van der Waals surface area contributed by atoms with Crippen LogP contribution in [0.25, 0.3) is 0 Å². The highest BCUT2D eigenvalue weighted by Crippen LogP contribution is 2.34. The summed E-state index contributed by atoms with van der Waals surface area (Å²) in [6.45, 7) is 0.574. The van der Waals surface area contributed by atoms with Crippen LogP contribution in [0.15, 0.2) is 18.3 Å². The second-order valence-electron chi connectivity index (χ2n) is 7.42. The Balaban J connectivity index is 1.40. The molecule has 2 aromatic rings. The predicted molar refractivity (Wildman–Crippen MR) is 102 cm³/mol. The van der Waals surface area contributed by atoms with E-state index in [1.54, 1.807) is 17.2 Å². The number of alkyl halides is 1. The largest absolute Gasteiger partial charge is 0.465 e. The molecule has 4 rings (SSSR count). The number of carbonyl (C=O) groups is 1. The number of halogens is 1. The van der Waals surface area contributed by atoms with Gasteiger partial charge in [0.05, 0.1) is 6.54 Å². The van der Waals surface area contributed by atoms with Crippen molar-refractivity contribution in [2.45, 2.75) is 37.8 Å². The fraction of sp³-hybridized carbons (Fsp3) is 0.556. The smallest absolute Gasteiger partial charge is 0.404 e. The number of anilines is 3. The first-order chi connectivity index (χ1) is 13.6. The molecular weight excluding hydrogens is 365 g/mol. The molecule has 4 N–H and O–H groups in total. The van der Waals surface area contributed by atoms with Crippen molar-refractivity contribution >= 4 is 23.7 Å². The molecule has 0 unspecified atom stereocenters. The molecule has 9 nitrogen and oxygen atoms in total. The molecule has 2 atom stereocenters. The van der Waals surface area contributed by atoms with E-state index in [4.69, 9.17) is 5.11 Å². The molecule has 150 valence electrons. The van der Waals surface area contributed by atoms with Gasteiger partial charge in [0, 0.05) is 42.9 Å². The van der Waals surface area contributed by atoms with Crippen molar-refractivity contribution in [2.75, 3.05) is 29.9 Å². The summed E-state index contributed by atoms with van der Waals surface area (Å²) >= 11 is 0. The maximum absolute atomic E-state index is 14.2. The van der Waals surface area contributed by atoms with Crippen molar-refractivity contribution in [1.29, 1.82) is 0 Å². The Morgan fingerprint density at radius 3 is 2.93 bits per heavy atom. The standard InChI is InChI=1S/C18H24FN7O2/c19-13-10-26(9-12(13)8-21-18(27)28)17-20-6-5-15(23-17)22-16-7-14(24-25-16)11-3-1-2-4-11/h5-7,11-13,21H,1-4,8-10H2,(H,27,28)(H2,20,22,23,24,25)/t12-,13+/m1/s1. The van der Waals surface area contributed by atoms with Gasteiger partial charge in [-0.2, -0.15) is 10.1 Å². The normalized spacial score (nSPS) is 22.5. The lowest BCUT2D eigenvalue weighted by molar-refractivity contribution is 0.189. The molecule has 0 aromatic carbocycles. The molecular formula is C18H24FN7O2. The number of aromatic nitrogens is 4. The lowest BCUT2D eigenvalue weighted by Gasteiger charge is -2.16. The highest BCUT2D eigenvalue weighted by atomic mass is 19.1. The number of aromatic amines is 1. The average Bonchev–Trinajstić information content (AvgIpc) is 3.41. The van der Waals surface area contributed by atoms with Crippen molar-refractivity contribution in [2.24, 2.45) is 5.92 Å². The quantitative estimate of drug-likeness (QED) is 0.600. The van der Waals surface area contributed by atoms with E-state index >= 15 is 0 Å². The summed E-state index contributed by atoms with van der Waals surface area (Å²) in [4.78, 5) is 21.1. The predicted octanol–water partition coefficient (Wildman–Crippen LogP) is 2.64. The summed E-state index contributed by atoms with van der Waals surface area (Å²) in [5.74, 6) is 1.82. The van der Waals surface area contributed by atoms with E-state index in [0.717, 1.165) is 5.69 Å². The summed E-state index contributed by atoms with van der Waals surface area (Å²) in [5.41, 5.74) is 1.14. The number of nitrogens with one attached hydrogen (secondary N) is 3. The van der Waals surface area contributed by atoms with Crippen LogP contribution >= 0.6 is 0 Å². The highest BCUT2D eigenvalue weighted by Gasteiger charge is 2.34. The molecule has 1 saturated carbocycles. The topological polar surface area (TPSA) is 119 Å². The van der Waals surface area contributed by atoms with Crippen molar-refractivity contribution in [3.8, 4) is 0 Å². The Labute approximate surface area is 161 Å². The van der Waals surface area contributed by atoms with Crippen LogP contribution in [0.5, 0.6) is 0 Å².